The quantitative estimate of drug-likeness (QED) is 0.786. The molecule has 1 aromatic rings. The van der Waals surface area contributed by atoms with Crippen LogP contribution in [0.2, 0.25) is 0 Å². The topological polar surface area (TPSA) is 59.6 Å². The minimum atomic E-state index is -0.961. The van der Waals surface area contributed by atoms with Gasteiger partial charge in [0.1, 0.15) is 12.4 Å². The third kappa shape index (κ3) is 5.18. The highest BCUT2D eigenvalue weighted by Gasteiger charge is 2.15. The number of amides is 2. The number of hydrogen-bond donors (Lipinski definition) is 2. The van der Waals surface area contributed by atoms with Gasteiger partial charge in [0, 0.05) is 25.1 Å². The largest absolute Gasteiger partial charge is 0.492 e. The number of nitrogens with one attached hydrogen (secondary N) is 2. The van der Waals surface area contributed by atoms with E-state index in [0.717, 1.165) is 25.2 Å². The summed E-state index contributed by atoms with van der Waals surface area (Å²) in [6.45, 7) is 2.45. The average Bonchev–Trinajstić information content (AvgIpc) is 2.98. The van der Waals surface area contributed by atoms with E-state index in [1.807, 2.05) is 0 Å². The Bertz CT molecular complexity index is 479. The summed E-state index contributed by atoms with van der Waals surface area (Å²) < 4.78 is 36.0. The number of carbonyl (C=O) groups is 1. The lowest BCUT2D eigenvalue weighted by molar-refractivity contribution is 0.185. The summed E-state index contributed by atoms with van der Waals surface area (Å²) in [6.07, 6.45) is 0.958. The fourth-order valence-corrected chi connectivity index (χ4v) is 1.94. The van der Waals surface area contributed by atoms with Crippen molar-refractivity contribution in [3.8, 4) is 5.75 Å². The number of ether oxygens (including phenoxy) is 2. The second kappa shape index (κ2) is 7.78. The first-order chi connectivity index (χ1) is 10.1. The minimum Gasteiger partial charge on any atom is -0.492 e. The van der Waals surface area contributed by atoms with Crippen molar-refractivity contribution in [3.63, 3.8) is 0 Å². The number of rotatable bonds is 6. The van der Waals surface area contributed by atoms with Gasteiger partial charge in [-0.05, 0) is 18.6 Å². The molecule has 1 aromatic carbocycles. The number of urea groups is 1. The Morgan fingerprint density at radius 2 is 2.19 bits per heavy atom. The normalized spacial score (nSPS) is 17.5. The Balaban J connectivity index is 1.58. The summed E-state index contributed by atoms with van der Waals surface area (Å²) in [7, 11) is 0. The first-order valence-electron chi connectivity index (χ1n) is 6.82. The number of hydrogen-bond acceptors (Lipinski definition) is 3. The van der Waals surface area contributed by atoms with Crippen molar-refractivity contribution in [3.05, 3.63) is 29.8 Å². The van der Waals surface area contributed by atoms with Crippen LogP contribution in [0, 0.1) is 17.6 Å². The maximum absolute atomic E-state index is 12.9. The van der Waals surface area contributed by atoms with E-state index in [-0.39, 0.29) is 24.9 Å². The second-order valence-electron chi connectivity index (χ2n) is 4.79. The Hall–Kier alpha value is -1.89. The van der Waals surface area contributed by atoms with Crippen LogP contribution < -0.4 is 15.4 Å². The summed E-state index contributed by atoms with van der Waals surface area (Å²) in [6, 6.07) is 3.01. The van der Waals surface area contributed by atoms with Gasteiger partial charge in [-0.25, -0.2) is 13.6 Å². The maximum atomic E-state index is 12.9. The molecule has 116 valence electrons. The van der Waals surface area contributed by atoms with E-state index in [4.69, 9.17) is 9.47 Å². The summed E-state index contributed by atoms with van der Waals surface area (Å²) in [4.78, 5) is 11.5. The summed E-state index contributed by atoms with van der Waals surface area (Å²) in [5, 5.41) is 5.36. The molecule has 0 bridgehead atoms. The molecular formula is C14H18F2N2O3. The van der Waals surface area contributed by atoms with E-state index in [2.05, 4.69) is 10.6 Å². The molecule has 1 atom stereocenters. The van der Waals surface area contributed by atoms with E-state index in [0.29, 0.717) is 19.1 Å². The SMILES string of the molecule is O=C(NCCOc1ccc(F)c(F)c1)NC[C@@H]1CCOC1. The zero-order valence-corrected chi connectivity index (χ0v) is 11.5. The molecule has 1 aliphatic rings. The highest BCUT2D eigenvalue weighted by atomic mass is 19.2. The van der Waals surface area contributed by atoms with Crippen molar-refractivity contribution in [2.75, 3.05) is 32.9 Å². The molecule has 1 heterocycles. The van der Waals surface area contributed by atoms with E-state index in [1.165, 1.54) is 6.07 Å². The molecule has 0 unspecified atom stereocenters. The smallest absolute Gasteiger partial charge is 0.314 e. The molecule has 2 rings (SSSR count). The van der Waals surface area contributed by atoms with Crippen molar-refractivity contribution in [1.82, 2.24) is 10.6 Å². The van der Waals surface area contributed by atoms with Gasteiger partial charge in [0.25, 0.3) is 0 Å². The molecule has 1 saturated heterocycles. The highest BCUT2D eigenvalue weighted by Crippen LogP contribution is 2.15. The van der Waals surface area contributed by atoms with Crippen LogP contribution in [0.5, 0.6) is 5.75 Å². The van der Waals surface area contributed by atoms with Crippen LogP contribution in [-0.4, -0.2) is 38.9 Å². The van der Waals surface area contributed by atoms with Crippen molar-refractivity contribution < 1.29 is 23.0 Å². The van der Waals surface area contributed by atoms with E-state index in [9.17, 15) is 13.6 Å². The summed E-state index contributed by atoms with van der Waals surface area (Å²) in [5.41, 5.74) is 0. The van der Waals surface area contributed by atoms with Gasteiger partial charge in [0.2, 0.25) is 0 Å². The third-order valence-electron chi connectivity index (χ3n) is 3.12. The van der Waals surface area contributed by atoms with Gasteiger partial charge in [0.05, 0.1) is 13.2 Å². The van der Waals surface area contributed by atoms with Crippen LogP contribution in [0.4, 0.5) is 13.6 Å². The van der Waals surface area contributed by atoms with Crippen LogP contribution >= 0.6 is 0 Å². The lowest BCUT2D eigenvalue weighted by Gasteiger charge is -2.11. The molecule has 7 heteroatoms. The van der Waals surface area contributed by atoms with Crippen LogP contribution in [0.15, 0.2) is 18.2 Å². The van der Waals surface area contributed by atoms with Gasteiger partial charge in [-0.2, -0.15) is 0 Å². The fourth-order valence-electron chi connectivity index (χ4n) is 1.94. The summed E-state index contributed by atoms with van der Waals surface area (Å²) >= 11 is 0. The van der Waals surface area contributed by atoms with Gasteiger partial charge < -0.3 is 20.1 Å². The maximum Gasteiger partial charge on any atom is 0.314 e. The Morgan fingerprint density at radius 1 is 1.33 bits per heavy atom. The standard InChI is InChI=1S/C14H18F2N2O3/c15-12-2-1-11(7-13(12)16)21-6-4-17-14(19)18-8-10-3-5-20-9-10/h1-2,7,10H,3-6,8-9H2,(H2,17,18,19)/t10-/m0/s1. The lowest BCUT2D eigenvalue weighted by Crippen LogP contribution is -2.40. The fraction of sp³-hybridized carbons (Fsp3) is 0.500. The molecule has 0 aliphatic carbocycles. The van der Waals surface area contributed by atoms with Gasteiger partial charge in [0.15, 0.2) is 11.6 Å². The van der Waals surface area contributed by atoms with Crippen molar-refractivity contribution in [2.24, 2.45) is 5.92 Å². The molecule has 0 saturated carbocycles. The molecule has 0 radical (unpaired) electrons. The third-order valence-corrected chi connectivity index (χ3v) is 3.12. The molecule has 5 nitrogen and oxygen atoms in total. The van der Waals surface area contributed by atoms with Crippen LogP contribution in [0.1, 0.15) is 6.42 Å². The minimum absolute atomic E-state index is 0.172. The molecule has 21 heavy (non-hydrogen) atoms. The molecule has 0 aromatic heterocycles. The van der Waals surface area contributed by atoms with Gasteiger partial charge in [-0.1, -0.05) is 0 Å². The van der Waals surface area contributed by atoms with E-state index < -0.39 is 11.6 Å². The molecule has 1 aliphatic heterocycles. The highest BCUT2D eigenvalue weighted by molar-refractivity contribution is 5.73. The first-order valence-corrected chi connectivity index (χ1v) is 6.82. The van der Waals surface area contributed by atoms with Crippen LogP contribution in [0.3, 0.4) is 0 Å². The van der Waals surface area contributed by atoms with Crippen LogP contribution in [0.25, 0.3) is 0 Å². The molecule has 2 N–H and O–H groups in total. The van der Waals surface area contributed by atoms with Crippen molar-refractivity contribution >= 4 is 6.03 Å². The van der Waals surface area contributed by atoms with E-state index >= 15 is 0 Å². The van der Waals surface area contributed by atoms with Gasteiger partial charge in [-0.3, -0.25) is 0 Å². The van der Waals surface area contributed by atoms with Gasteiger partial charge in [-0.15, -0.1) is 0 Å². The molecule has 1 fully saturated rings. The number of benzene rings is 1. The second-order valence-corrected chi connectivity index (χ2v) is 4.79. The lowest BCUT2D eigenvalue weighted by atomic mass is 10.1. The van der Waals surface area contributed by atoms with Crippen LogP contribution in [-0.2, 0) is 4.74 Å². The van der Waals surface area contributed by atoms with E-state index in [1.54, 1.807) is 0 Å². The predicted molar refractivity (Wildman–Crippen MR) is 72.2 cm³/mol. The van der Waals surface area contributed by atoms with Crippen molar-refractivity contribution in [2.45, 2.75) is 6.42 Å². The monoisotopic (exact) mass is 300 g/mol. The average molecular weight is 300 g/mol. The molecule has 0 spiro atoms. The summed E-state index contributed by atoms with van der Waals surface area (Å²) in [5.74, 6) is -1.29. The Kier molecular flexibility index (Phi) is 5.74. The zero-order valence-electron chi connectivity index (χ0n) is 11.5. The number of halogens is 2. The zero-order chi connectivity index (χ0) is 15.1. The number of carbonyl (C=O) groups excluding carboxylic acids is 1. The Morgan fingerprint density at radius 3 is 2.90 bits per heavy atom. The van der Waals surface area contributed by atoms with Gasteiger partial charge >= 0.3 is 6.03 Å². The van der Waals surface area contributed by atoms with Crippen molar-refractivity contribution in [1.29, 1.82) is 0 Å². The first kappa shape index (κ1) is 15.5. The predicted octanol–water partition coefficient (Wildman–Crippen LogP) is 1.68. The molecular weight excluding hydrogens is 282 g/mol. The molecule has 2 amide bonds. The Labute approximate surface area is 121 Å².